The maximum absolute atomic E-state index is 12.9. The number of aliphatic carboxylic acids is 1. The maximum Gasteiger partial charge on any atom is 0.330 e. The Morgan fingerprint density at radius 2 is 0.652 bits per heavy atom. The van der Waals surface area contributed by atoms with Gasteiger partial charge in [-0.05, 0) is 56.2 Å². The van der Waals surface area contributed by atoms with Gasteiger partial charge in [0, 0.05) is 75.4 Å². The minimum Gasteiger partial charge on any atom is -0.481 e. The van der Waals surface area contributed by atoms with Gasteiger partial charge in [-0.15, -0.1) is 0 Å². The fourth-order valence-corrected chi connectivity index (χ4v) is 8.54. The monoisotopic (exact) mass is 1610 g/mol. The zero-order valence-corrected chi connectivity index (χ0v) is 66.4. The molecule has 112 heavy (non-hydrogen) atoms. The van der Waals surface area contributed by atoms with Crippen molar-refractivity contribution in [2.75, 3.05) is 257 Å². The number of benzene rings is 1. The number of esters is 2. The van der Waals surface area contributed by atoms with E-state index in [0.29, 0.717) is 261 Å². The quantitative estimate of drug-likeness (QED) is 0.0249. The van der Waals surface area contributed by atoms with E-state index in [2.05, 4.69) is 46.7 Å². The van der Waals surface area contributed by atoms with Gasteiger partial charge in [0.05, 0.1) is 239 Å². The Morgan fingerprint density at radius 3 is 0.955 bits per heavy atom. The van der Waals surface area contributed by atoms with Gasteiger partial charge in [-0.25, -0.2) is 9.59 Å². The molecule has 0 aliphatic heterocycles. The number of methoxy groups -OCH3 is 2. The molecular formula is C75H129N7O30. The molecule has 1 aromatic rings. The summed E-state index contributed by atoms with van der Waals surface area (Å²) in [7, 11) is 2.47. The molecule has 0 aromatic heterocycles. The van der Waals surface area contributed by atoms with Gasteiger partial charge in [0.1, 0.15) is 12.1 Å². The number of aliphatic hydroxyl groups excluding tert-OH is 1. The molecule has 0 heterocycles. The van der Waals surface area contributed by atoms with Crippen LogP contribution in [0.3, 0.4) is 0 Å². The number of nitrogens with one attached hydrogen (secondary N) is 7. The molecule has 0 bridgehead atoms. The highest BCUT2D eigenvalue weighted by molar-refractivity contribution is 5.98. The zero-order valence-electron chi connectivity index (χ0n) is 66.4. The normalized spacial score (nSPS) is 11.7. The Kier molecular flexibility index (Phi) is 73.8. The molecular weight excluding hydrogens is 1480 g/mol. The highest BCUT2D eigenvalue weighted by Crippen LogP contribution is 2.11. The fourth-order valence-electron chi connectivity index (χ4n) is 8.54. The van der Waals surface area contributed by atoms with Crippen LogP contribution in [0.1, 0.15) is 90.5 Å². The van der Waals surface area contributed by atoms with Crippen molar-refractivity contribution in [3.05, 3.63) is 54.1 Å². The highest BCUT2D eigenvalue weighted by Gasteiger charge is 2.27. The average Bonchev–Trinajstić information content (AvgIpc) is 0.870. The van der Waals surface area contributed by atoms with Crippen LogP contribution in [0.15, 0.2) is 48.6 Å². The number of amides is 7. The molecule has 2 atom stereocenters. The van der Waals surface area contributed by atoms with Crippen LogP contribution in [0.4, 0.5) is 5.69 Å². The van der Waals surface area contributed by atoms with E-state index >= 15 is 0 Å². The third-order valence-corrected chi connectivity index (χ3v) is 14.6. The van der Waals surface area contributed by atoms with E-state index in [4.69, 9.17) is 80.9 Å². The van der Waals surface area contributed by atoms with Crippen LogP contribution in [-0.4, -0.2) is 333 Å². The van der Waals surface area contributed by atoms with Gasteiger partial charge < -0.3 is 133 Å². The van der Waals surface area contributed by atoms with E-state index in [1.54, 1.807) is 45.0 Å². The first-order chi connectivity index (χ1) is 54.4. The standard InChI is InChI=1S/C45H75N5O16.C30H54N2O14/c1-35(2)43(45(57)48-36(3)44(56)49-38-11-9-37(34-51)10-12-38)50-41(54)15-18-59-20-22-61-24-26-63-28-30-65-32-33-66-31-29-64-27-25-62-23-21-60-19-17-47-39(52)8-6-5-7-16-46-40(53)13-14-42(55)58-4;1-38-30(37)7-6-28(34)31-9-4-2-3-5-27(33)32-10-12-40-14-16-42-18-20-44-22-24-46-26-25-45-23-21-43-19-17-41-15-13-39-11-8-29(35)36/h9-14,35-36,43,51H,5-8,15-34H2,1-4H3,(H,46,53)(H,47,52)(H,48,57)(H,49,56)(H,50,54);6-7H,2-5,8-26H2,1H3,(H,31,34)(H,32,33)(H,35,36)/b14-13-;7-6-. The molecule has 0 saturated carbocycles. The number of aliphatic hydroxyl groups is 1. The number of hydrogen-bond acceptors (Lipinski definition) is 29. The summed E-state index contributed by atoms with van der Waals surface area (Å²) in [6, 6.07) is 5.02. The number of unbranched alkanes of at least 4 members (excludes halogenated alkanes) is 4. The molecule has 0 fully saturated rings. The van der Waals surface area contributed by atoms with E-state index in [1.165, 1.54) is 14.2 Å². The van der Waals surface area contributed by atoms with E-state index in [-0.39, 0.29) is 68.1 Å². The second-order valence-corrected chi connectivity index (χ2v) is 24.2. The molecule has 644 valence electrons. The Labute approximate surface area is 658 Å². The topological polar surface area (TPSA) is 462 Å². The Bertz CT molecular complexity index is 2610. The number of rotatable bonds is 77. The minimum atomic E-state index is -0.883. The van der Waals surface area contributed by atoms with Gasteiger partial charge in [-0.3, -0.25) is 38.4 Å². The van der Waals surface area contributed by atoms with Crippen molar-refractivity contribution in [1.82, 2.24) is 31.9 Å². The van der Waals surface area contributed by atoms with Crippen molar-refractivity contribution in [2.24, 2.45) is 5.92 Å². The third-order valence-electron chi connectivity index (χ3n) is 14.6. The van der Waals surface area contributed by atoms with E-state index in [9.17, 15) is 53.1 Å². The minimum absolute atomic E-state index is 0.0117. The average molecular weight is 1610 g/mol. The molecule has 1 rings (SSSR count). The predicted molar refractivity (Wildman–Crippen MR) is 407 cm³/mol. The summed E-state index contributed by atoms with van der Waals surface area (Å²) in [4.78, 5) is 117. The number of ether oxygens (including phenoxy) is 18. The van der Waals surface area contributed by atoms with Crippen molar-refractivity contribution < 1.29 is 143 Å². The number of carboxylic acid groups (broad SMARTS) is 1. The molecule has 0 saturated heterocycles. The first-order valence-electron chi connectivity index (χ1n) is 38.1. The van der Waals surface area contributed by atoms with Crippen molar-refractivity contribution in [3.8, 4) is 0 Å². The molecule has 0 spiro atoms. The smallest absolute Gasteiger partial charge is 0.330 e. The lowest BCUT2D eigenvalue weighted by Crippen LogP contribution is -2.53. The molecule has 7 amide bonds. The van der Waals surface area contributed by atoms with Gasteiger partial charge in [-0.2, -0.15) is 0 Å². The van der Waals surface area contributed by atoms with Crippen LogP contribution in [0, 0.1) is 5.92 Å². The second-order valence-electron chi connectivity index (χ2n) is 24.2. The maximum atomic E-state index is 12.9. The van der Waals surface area contributed by atoms with Gasteiger partial charge in [0.25, 0.3) is 0 Å². The summed E-state index contributed by atoms with van der Waals surface area (Å²) in [5, 5.41) is 36.7. The predicted octanol–water partition coefficient (Wildman–Crippen LogP) is 0.924. The second kappa shape index (κ2) is 79.0. The van der Waals surface area contributed by atoms with Crippen molar-refractivity contribution in [2.45, 2.75) is 104 Å². The summed E-state index contributed by atoms with van der Waals surface area (Å²) in [6.07, 6.45) is 9.66. The van der Waals surface area contributed by atoms with Crippen LogP contribution < -0.4 is 37.2 Å². The SMILES string of the molecule is COC(=O)/C=C\C(=O)NCCCCCC(=O)NCCOCCOCCOCCOCCOCCOCCOCCOCCC(=O)NC(C(=O)NC(C)C(=O)Nc1ccc(CO)cc1)C(C)C.COC(=O)/C=C\C(=O)NCCCCCC(=O)NCCOCCOCCOCCOCCOCCOCCOCCOCCC(=O)O. The summed E-state index contributed by atoms with van der Waals surface area (Å²) >= 11 is 0. The summed E-state index contributed by atoms with van der Waals surface area (Å²) in [5.41, 5.74) is 1.24. The molecule has 0 aliphatic rings. The van der Waals surface area contributed by atoms with E-state index < -0.39 is 41.8 Å². The van der Waals surface area contributed by atoms with E-state index in [0.717, 1.165) is 50.0 Å². The van der Waals surface area contributed by atoms with Crippen molar-refractivity contribution in [3.63, 3.8) is 0 Å². The van der Waals surface area contributed by atoms with Gasteiger partial charge in [-0.1, -0.05) is 38.8 Å². The molecule has 37 heteroatoms. The lowest BCUT2D eigenvalue weighted by molar-refractivity contribution is -0.138. The van der Waals surface area contributed by atoms with Crippen LogP contribution in [0.5, 0.6) is 0 Å². The Balaban J connectivity index is 0.00000235. The number of hydrogen-bond donors (Lipinski definition) is 9. The zero-order chi connectivity index (χ0) is 82.2. The Hall–Kier alpha value is -7.28. The largest absolute Gasteiger partial charge is 0.481 e. The summed E-state index contributed by atoms with van der Waals surface area (Å²) in [6.45, 7) is 19.7. The molecule has 0 aliphatic carbocycles. The molecule has 2 unspecified atom stereocenters. The lowest BCUT2D eigenvalue weighted by Gasteiger charge is -2.24. The third kappa shape index (κ3) is 72.9. The van der Waals surface area contributed by atoms with Crippen LogP contribution in [0.2, 0.25) is 0 Å². The van der Waals surface area contributed by atoms with Crippen molar-refractivity contribution in [1.29, 1.82) is 0 Å². The fraction of sp³-hybridized carbons (Fsp3) is 0.733. The molecule has 9 N–H and O–H groups in total. The van der Waals surface area contributed by atoms with Gasteiger partial charge >= 0.3 is 17.9 Å². The van der Waals surface area contributed by atoms with Crippen LogP contribution in [0.25, 0.3) is 0 Å². The first kappa shape index (κ1) is 105. The molecule has 1 aromatic carbocycles. The van der Waals surface area contributed by atoms with E-state index in [1.807, 2.05) is 0 Å². The number of carbonyl (C=O) groups is 10. The Morgan fingerprint density at radius 1 is 0.339 bits per heavy atom. The number of carboxylic acids is 1. The first-order valence-corrected chi connectivity index (χ1v) is 38.1. The van der Waals surface area contributed by atoms with Crippen molar-refractivity contribution >= 4 is 64.9 Å². The van der Waals surface area contributed by atoms with Gasteiger partial charge in [0.15, 0.2) is 0 Å². The van der Waals surface area contributed by atoms with Crippen LogP contribution in [-0.2, 0) is 140 Å². The van der Waals surface area contributed by atoms with Gasteiger partial charge in [0.2, 0.25) is 41.4 Å². The molecule has 37 nitrogen and oxygen atoms in total. The molecule has 0 radical (unpaired) electrons. The summed E-state index contributed by atoms with van der Waals surface area (Å²) in [5.74, 6) is -4.34. The number of anilines is 1. The highest BCUT2D eigenvalue weighted by atomic mass is 16.6. The number of carbonyl (C=O) groups excluding carboxylic acids is 9. The van der Waals surface area contributed by atoms with Crippen LogP contribution >= 0.6 is 0 Å². The lowest BCUT2D eigenvalue weighted by atomic mass is 10.0. The summed E-state index contributed by atoms with van der Waals surface area (Å²) < 4.78 is 95.6.